The van der Waals surface area contributed by atoms with Gasteiger partial charge in [0, 0.05) is 18.4 Å². The summed E-state index contributed by atoms with van der Waals surface area (Å²) in [5.41, 5.74) is 1.71. The second kappa shape index (κ2) is 12.5. The van der Waals surface area contributed by atoms with Crippen LogP contribution in [0.4, 0.5) is 17.1 Å². The number of anilines is 1. The van der Waals surface area contributed by atoms with Crippen LogP contribution in [0.5, 0.6) is 0 Å². The Balaban J connectivity index is 0.00000392. The van der Waals surface area contributed by atoms with Crippen molar-refractivity contribution in [2.24, 2.45) is 10.2 Å². The van der Waals surface area contributed by atoms with Crippen LogP contribution in [0.15, 0.2) is 57.6 Å². The first-order chi connectivity index (χ1) is 12.6. The number of nitrogens with one attached hydrogen (secondary N) is 1. The van der Waals surface area contributed by atoms with Crippen LogP contribution in [0, 0.1) is 0 Å². The monoisotopic (exact) mass is 459 g/mol. The van der Waals surface area contributed by atoms with Gasteiger partial charge in [0.15, 0.2) is 0 Å². The van der Waals surface area contributed by atoms with Gasteiger partial charge in [-0.15, -0.1) is 0 Å². The van der Waals surface area contributed by atoms with Crippen LogP contribution >= 0.6 is 0 Å². The van der Waals surface area contributed by atoms with Gasteiger partial charge in [0.25, 0.3) is 0 Å². The number of nitrogens with zero attached hydrogens (tertiary/aromatic N) is 2. The van der Waals surface area contributed by atoms with Gasteiger partial charge in [-0.3, -0.25) is 0 Å². The Morgan fingerprint density at radius 3 is 2.00 bits per heavy atom. The summed E-state index contributed by atoms with van der Waals surface area (Å²) in [7, 11) is -7.51. The maximum Gasteiger partial charge on any atom is 1.00 e. The SMILES string of the molecule is COCc1cc(/N=N/c2ccc(S(=O)(=O)[O-])cc2)ccc1NCS(=O)(=O)[O-].[Na+].[Na+]. The average molecular weight is 459 g/mol. The zero-order valence-electron chi connectivity index (χ0n) is 16.0. The van der Waals surface area contributed by atoms with E-state index in [1.807, 2.05) is 0 Å². The van der Waals surface area contributed by atoms with Gasteiger partial charge in [0.1, 0.15) is 26.1 Å². The van der Waals surface area contributed by atoms with Crippen LogP contribution in [-0.2, 0) is 31.6 Å². The van der Waals surface area contributed by atoms with Crippen molar-refractivity contribution in [2.45, 2.75) is 11.5 Å². The van der Waals surface area contributed by atoms with Crippen LogP contribution in [0.25, 0.3) is 0 Å². The second-order valence-electron chi connectivity index (χ2n) is 5.30. The first-order valence-electron chi connectivity index (χ1n) is 7.35. The van der Waals surface area contributed by atoms with Crippen LogP contribution in [-0.4, -0.2) is 38.9 Å². The van der Waals surface area contributed by atoms with Crippen molar-refractivity contribution < 1.29 is 89.8 Å². The van der Waals surface area contributed by atoms with E-state index in [-0.39, 0.29) is 70.6 Å². The van der Waals surface area contributed by atoms with Gasteiger partial charge in [0.05, 0.1) is 22.9 Å². The van der Waals surface area contributed by atoms with Gasteiger partial charge >= 0.3 is 59.1 Å². The number of hydrogen-bond donors (Lipinski definition) is 1. The summed E-state index contributed by atoms with van der Waals surface area (Å²) in [4.78, 5) is -0.368. The van der Waals surface area contributed by atoms with Crippen LogP contribution in [0.3, 0.4) is 0 Å². The Labute approximate surface area is 213 Å². The summed E-state index contributed by atoms with van der Waals surface area (Å²) < 4.78 is 69.9. The fraction of sp³-hybridized carbons (Fsp3) is 0.200. The molecule has 0 spiro atoms. The molecule has 14 heteroatoms. The molecule has 0 atom stereocenters. The Bertz CT molecular complexity index is 1040. The minimum absolute atomic E-state index is 0. The molecule has 0 saturated carbocycles. The Hall–Kier alpha value is -0.380. The molecule has 0 aromatic heterocycles. The maximum atomic E-state index is 10.9. The molecule has 2 aromatic carbocycles. The van der Waals surface area contributed by atoms with E-state index in [1.165, 1.54) is 25.3 Å². The van der Waals surface area contributed by atoms with E-state index in [4.69, 9.17) is 4.74 Å². The molecule has 29 heavy (non-hydrogen) atoms. The molecule has 146 valence electrons. The molecule has 2 aromatic rings. The van der Waals surface area contributed by atoms with Gasteiger partial charge in [-0.05, 0) is 42.5 Å². The summed E-state index contributed by atoms with van der Waals surface area (Å²) in [5, 5.41) is 10.5. The topological polar surface area (TPSA) is 160 Å². The van der Waals surface area contributed by atoms with E-state index in [0.717, 1.165) is 12.1 Å². The Morgan fingerprint density at radius 2 is 1.48 bits per heavy atom. The molecular formula is C15H15N3Na2O7S2. The first kappa shape index (κ1) is 28.6. The number of benzene rings is 2. The zero-order chi connectivity index (χ0) is 20.1. The summed E-state index contributed by atoms with van der Waals surface area (Å²) in [6.45, 7) is 0.140. The number of azo groups is 1. The molecule has 0 aliphatic rings. The van der Waals surface area contributed by atoms with Gasteiger partial charge in [-0.2, -0.15) is 10.2 Å². The van der Waals surface area contributed by atoms with Crippen molar-refractivity contribution in [3.05, 3.63) is 48.0 Å². The molecule has 1 N–H and O–H groups in total. The zero-order valence-corrected chi connectivity index (χ0v) is 21.7. The predicted octanol–water partition coefficient (Wildman–Crippen LogP) is -3.92. The molecule has 0 unspecified atom stereocenters. The normalized spacial score (nSPS) is 11.6. The summed E-state index contributed by atoms with van der Waals surface area (Å²) in [5.74, 6) is -0.764. The van der Waals surface area contributed by atoms with E-state index in [0.29, 0.717) is 22.6 Å². The van der Waals surface area contributed by atoms with Crippen molar-refractivity contribution >= 4 is 37.3 Å². The largest absolute Gasteiger partial charge is 1.00 e. The standard InChI is InChI=1S/C15H17N3O7S2.2Na/c1-25-9-11-8-13(4-7-15(11)16-10-26(19,20)21)18-17-12-2-5-14(6-3-12)27(22,23)24;;/h2-8,16H,9-10H2,1H3,(H,19,20,21)(H,22,23,24);;/q;2*+1/p-2/b18-17+;;. The molecule has 0 saturated heterocycles. The van der Waals surface area contributed by atoms with E-state index in [9.17, 15) is 25.9 Å². The predicted molar refractivity (Wildman–Crippen MR) is 93.9 cm³/mol. The summed E-state index contributed by atoms with van der Waals surface area (Å²) in [6.07, 6.45) is 0. The van der Waals surface area contributed by atoms with E-state index in [2.05, 4.69) is 15.5 Å². The van der Waals surface area contributed by atoms with Crippen molar-refractivity contribution in [2.75, 3.05) is 18.3 Å². The fourth-order valence-corrected chi connectivity index (χ4v) is 2.85. The number of rotatable bonds is 8. The molecule has 0 fully saturated rings. The quantitative estimate of drug-likeness (QED) is 0.238. The average Bonchev–Trinajstić information content (AvgIpc) is 2.58. The smallest absolute Gasteiger partial charge is 0.747 e. The molecular weight excluding hydrogens is 444 g/mol. The number of hydrogen-bond acceptors (Lipinski definition) is 10. The fourth-order valence-electron chi connectivity index (χ4n) is 2.05. The van der Waals surface area contributed by atoms with Crippen LogP contribution in [0.2, 0.25) is 0 Å². The molecule has 0 aliphatic carbocycles. The Kier molecular flexibility index (Phi) is 12.3. The minimum Gasteiger partial charge on any atom is -0.747 e. The van der Waals surface area contributed by atoms with Gasteiger partial charge < -0.3 is 19.2 Å². The molecule has 2 rings (SSSR count). The number of methoxy groups -OCH3 is 1. The first-order valence-corrected chi connectivity index (χ1v) is 10.3. The summed E-state index contributed by atoms with van der Waals surface area (Å²) in [6, 6.07) is 9.58. The molecule has 0 heterocycles. The molecule has 0 amide bonds. The second-order valence-corrected chi connectivity index (χ2v) is 8.08. The van der Waals surface area contributed by atoms with Crippen molar-refractivity contribution in [3.8, 4) is 0 Å². The molecule has 0 bridgehead atoms. The maximum absolute atomic E-state index is 10.9. The van der Waals surface area contributed by atoms with Gasteiger partial charge in [-0.1, -0.05) is 0 Å². The molecule has 0 aliphatic heterocycles. The van der Waals surface area contributed by atoms with Crippen molar-refractivity contribution in [1.29, 1.82) is 0 Å². The number of ether oxygens (including phenoxy) is 1. The third-order valence-electron chi connectivity index (χ3n) is 3.23. The summed E-state index contributed by atoms with van der Waals surface area (Å²) >= 11 is 0. The van der Waals surface area contributed by atoms with E-state index in [1.54, 1.807) is 12.1 Å². The minimum atomic E-state index is -4.53. The van der Waals surface area contributed by atoms with Crippen molar-refractivity contribution in [1.82, 2.24) is 0 Å². The van der Waals surface area contributed by atoms with Crippen LogP contribution in [0.1, 0.15) is 5.56 Å². The van der Waals surface area contributed by atoms with Crippen molar-refractivity contribution in [3.63, 3.8) is 0 Å². The van der Waals surface area contributed by atoms with Gasteiger partial charge in [0.2, 0.25) is 0 Å². The van der Waals surface area contributed by atoms with E-state index >= 15 is 0 Å². The van der Waals surface area contributed by atoms with E-state index < -0.39 is 26.1 Å². The third kappa shape index (κ3) is 9.98. The van der Waals surface area contributed by atoms with Crippen LogP contribution < -0.4 is 64.4 Å². The molecule has 10 nitrogen and oxygen atoms in total. The Morgan fingerprint density at radius 1 is 0.931 bits per heavy atom. The van der Waals surface area contributed by atoms with Gasteiger partial charge in [-0.25, -0.2) is 16.8 Å². The molecule has 0 radical (unpaired) electrons. The third-order valence-corrected chi connectivity index (χ3v) is 4.58.